The van der Waals surface area contributed by atoms with Gasteiger partial charge in [0, 0.05) is 6.92 Å². The fourth-order valence-electron chi connectivity index (χ4n) is 0. The highest BCUT2D eigenvalue weighted by molar-refractivity contribution is 5.44. The van der Waals surface area contributed by atoms with Gasteiger partial charge in [-0.05, 0) is 0 Å². The van der Waals surface area contributed by atoms with Gasteiger partial charge in [0.25, 0.3) is 0 Å². The number of hydrazone groups is 1. The third-order valence-electron chi connectivity index (χ3n) is 0.167. The number of nitrogens with one attached hydrogen (secondary N) is 1. The third kappa shape index (κ3) is 1.47. The van der Waals surface area contributed by atoms with Crippen LogP contribution in [0, 0.1) is 0 Å². The van der Waals surface area contributed by atoms with Crippen molar-refractivity contribution in [3.63, 3.8) is 0 Å². The average Bonchev–Trinajstić information content (AvgIpc) is 1.37. The van der Waals surface area contributed by atoms with Crippen molar-refractivity contribution in [3.05, 3.63) is 0 Å². The molecule has 0 bridgehead atoms. The molecule has 0 fully saturated rings. The van der Waals surface area contributed by atoms with Gasteiger partial charge < -0.3 is 0 Å². The van der Waals surface area contributed by atoms with Gasteiger partial charge in [0.15, 0.2) is 6.21 Å². The third-order valence-corrected chi connectivity index (χ3v) is 0.167. The smallest absolute Gasteiger partial charge is 0.164 e. The van der Waals surface area contributed by atoms with Gasteiger partial charge in [-0.25, -0.2) is 5.84 Å². The zero-order chi connectivity index (χ0) is 3.41. The van der Waals surface area contributed by atoms with Crippen LogP contribution < -0.4 is 10.9 Å². The van der Waals surface area contributed by atoms with Crippen LogP contribution in [0.2, 0.25) is 0 Å². The summed E-state index contributed by atoms with van der Waals surface area (Å²) >= 11 is 0. The zero-order valence-electron chi connectivity index (χ0n) is 2.65. The van der Waals surface area contributed by atoms with E-state index in [4.69, 9.17) is 5.84 Å². The standard InChI is InChI=1S/C2H6N2/c1-2-4-3/h2H,3H2,1H3/p+1/b4-2+. The molecule has 0 saturated heterocycles. The summed E-state index contributed by atoms with van der Waals surface area (Å²) in [6, 6.07) is 0. The maximum absolute atomic E-state index is 4.72. The fraction of sp³-hybridized carbons (Fsp3) is 0.500. The van der Waals surface area contributed by atoms with Crippen LogP contribution in [0.5, 0.6) is 0 Å². The first-order chi connectivity index (χ1) is 1.91. The molecule has 0 heterocycles. The lowest BCUT2D eigenvalue weighted by Crippen LogP contribution is -2.76. The van der Waals surface area contributed by atoms with Crippen LogP contribution in [-0.2, 0) is 0 Å². The fourth-order valence-corrected chi connectivity index (χ4v) is 0. The van der Waals surface area contributed by atoms with Gasteiger partial charge in [-0.1, -0.05) is 0 Å². The van der Waals surface area contributed by atoms with Crippen LogP contribution in [-0.4, -0.2) is 6.21 Å². The minimum Gasteiger partial charge on any atom is -0.213 e. The first kappa shape index (κ1) is 3.47. The summed E-state index contributed by atoms with van der Waals surface area (Å²) in [6.07, 6.45) is 1.65. The van der Waals surface area contributed by atoms with Crippen molar-refractivity contribution in [1.82, 2.24) is 0 Å². The predicted octanol–water partition coefficient (Wildman–Crippen LogP) is -1.97. The molecule has 0 aromatic carbocycles. The van der Waals surface area contributed by atoms with Gasteiger partial charge in [-0.2, -0.15) is 0 Å². The van der Waals surface area contributed by atoms with Crippen molar-refractivity contribution >= 4 is 6.21 Å². The van der Waals surface area contributed by atoms with Gasteiger partial charge in [-0.3, -0.25) is 0 Å². The molecule has 0 amide bonds. The molecule has 0 aromatic rings. The highest BCUT2D eigenvalue weighted by atomic mass is 15.1. The first-order valence-corrected chi connectivity index (χ1v) is 1.15. The number of hydrogen-bond acceptors (Lipinski definition) is 1. The monoisotopic (exact) mass is 59.1 g/mol. The van der Waals surface area contributed by atoms with Crippen molar-refractivity contribution < 1.29 is 5.10 Å². The summed E-state index contributed by atoms with van der Waals surface area (Å²) < 4.78 is 0. The second-order valence-corrected chi connectivity index (χ2v) is 0.455. The second kappa shape index (κ2) is 2.47. The summed E-state index contributed by atoms with van der Waals surface area (Å²) in [5.74, 6) is 4.72. The minimum atomic E-state index is 1.65. The van der Waals surface area contributed by atoms with Crippen LogP contribution in [0.1, 0.15) is 6.92 Å². The van der Waals surface area contributed by atoms with E-state index in [1.807, 2.05) is 6.92 Å². The molecular weight excluding hydrogens is 52.0 g/mol. The van der Waals surface area contributed by atoms with Crippen molar-refractivity contribution in [2.75, 3.05) is 0 Å². The van der Waals surface area contributed by atoms with Crippen LogP contribution in [0.3, 0.4) is 0 Å². The van der Waals surface area contributed by atoms with E-state index in [1.165, 1.54) is 0 Å². The SMILES string of the molecule is C/C=[NH+]/N. The van der Waals surface area contributed by atoms with E-state index in [2.05, 4.69) is 5.10 Å². The van der Waals surface area contributed by atoms with Crippen molar-refractivity contribution in [3.8, 4) is 0 Å². The van der Waals surface area contributed by atoms with Crippen LogP contribution in [0.25, 0.3) is 0 Å². The molecule has 0 radical (unpaired) electrons. The molecular formula is C2H7N2+. The Morgan fingerprint density at radius 3 is 2.25 bits per heavy atom. The van der Waals surface area contributed by atoms with E-state index in [0.29, 0.717) is 0 Å². The Morgan fingerprint density at radius 1 is 2.00 bits per heavy atom. The summed E-state index contributed by atoms with van der Waals surface area (Å²) in [5.41, 5.74) is 0. The lowest BCUT2D eigenvalue weighted by atomic mass is 10.9. The average molecular weight is 59.1 g/mol. The highest BCUT2D eigenvalue weighted by Crippen LogP contribution is 1.04. The number of rotatable bonds is 0. The molecule has 2 heteroatoms. The molecule has 2 nitrogen and oxygen atoms in total. The van der Waals surface area contributed by atoms with Gasteiger partial charge >= 0.3 is 0 Å². The largest absolute Gasteiger partial charge is 0.213 e. The summed E-state index contributed by atoms with van der Waals surface area (Å²) in [6.45, 7) is 1.82. The molecule has 0 atom stereocenters. The molecule has 4 heavy (non-hydrogen) atoms. The molecule has 0 aromatic heterocycles. The number of hydrazine groups is 1. The molecule has 0 spiro atoms. The van der Waals surface area contributed by atoms with E-state index in [9.17, 15) is 0 Å². The van der Waals surface area contributed by atoms with Crippen molar-refractivity contribution in [2.45, 2.75) is 6.92 Å². The Bertz CT molecular complexity index is 19.2. The molecule has 0 aliphatic rings. The van der Waals surface area contributed by atoms with Crippen molar-refractivity contribution in [1.29, 1.82) is 0 Å². The van der Waals surface area contributed by atoms with Gasteiger partial charge in [0.2, 0.25) is 0 Å². The Labute approximate surface area is 25.3 Å². The van der Waals surface area contributed by atoms with E-state index in [-0.39, 0.29) is 0 Å². The highest BCUT2D eigenvalue weighted by Gasteiger charge is 1.41. The maximum atomic E-state index is 4.72. The predicted molar refractivity (Wildman–Crippen MR) is 16.9 cm³/mol. The maximum Gasteiger partial charge on any atom is 0.164 e. The Kier molecular flexibility index (Phi) is 2.14. The molecule has 0 saturated carbocycles. The Hall–Kier alpha value is -0.530. The lowest BCUT2D eigenvalue weighted by Gasteiger charge is -1.47. The molecule has 0 rings (SSSR count). The van der Waals surface area contributed by atoms with Crippen LogP contribution in [0.4, 0.5) is 0 Å². The molecule has 0 aliphatic carbocycles. The van der Waals surface area contributed by atoms with Crippen LogP contribution in [0.15, 0.2) is 0 Å². The van der Waals surface area contributed by atoms with E-state index in [1.54, 1.807) is 6.21 Å². The Morgan fingerprint density at radius 2 is 2.25 bits per heavy atom. The lowest BCUT2D eigenvalue weighted by molar-refractivity contribution is -0.464. The second-order valence-electron chi connectivity index (χ2n) is 0.455. The number of nitrogens with two attached hydrogens (primary N) is 1. The van der Waals surface area contributed by atoms with E-state index >= 15 is 0 Å². The summed E-state index contributed by atoms with van der Waals surface area (Å²) in [5, 5.41) is 2.31. The van der Waals surface area contributed by atoms with Crippen LogP contribution >= 0.6 is 0 Å². The quantitative estimate of drug-likeness (QED) is 0.190. The topological polar surface area (TPSA) is 40.0 Å². The minimum absolute atomic E-state index is 1.65. The Balaban J connectivity index is 2.55. The molecule has 24 valence electrons. The van der Waals surface area contributed by atoms with Gasteiger partial charge in [0.1, 0.15) is 0 Å². The summed E-state index contributed by atoms with van der Waals surface area (Å²) in [7, 11) is 0. The first-order valence-electron chi connectivity index (χ1n) is 1.15. The van der Waals surface area contributed by atoms with Crippen molar-refractivity contribution in [2.24, 2.45) is 5.84 Å². The molecule has 3 N–H and O–H groups in total. The normalized spacial score (nSPS) is 9.25. The van der Waals surface area contributed by atoms with Gasteiger partial charge in [0.05, 0.1) is 0 Å². The summed E-state index contributed by atoms with van der Waals surface area (Å²) in [4.78, 5) is 0. The van der Waals surface area contributed by atoms with Gasteiger partial charge in [-0.15, -0.1) is 5.10 Å². The number of hydrogen-bond donors (Lipinski definition) is 2. The van der Waals surface area contributed by atoms with E-state index < -0.39 is 0 Å². The molecule has 0 aliphatic heterocycles. The molecule has 0 unspecified atom stereocenters. The van der Waals surface area contributed by atoms with E-state index in [0.717, 1.165) is 0 Å². The zero-order valence-corrected chi connectivity index (χ0v) is 2.65.